The summed E-state index contributed by atoms with van der Waals surface area (Å²) in [6.07, 6.45) is 1.01. The normalized spacial score (nSPS) is 11.6. The number of amides is 2. The third-order valence-electron chi connectivity index (χ3n) is 2.91. The Labute approximate surface area is 128 Å². The zero-order chi connectivity index (χ0) is 16.0. The van der Waals surface area contributed by atoms with Crippen molar-refractivity contribution in [3.05, 3.63) is 22.7 Å². The molecule has 0 heterocycles. The molecular formula is C14H19ClN2O4. The molecule has 21 heavy (non-hydrogen) atoms. The summed E-state index contributed by atoms with van der Waals surface area (Å²) in [6, 6.07) is 1.73. The number of aliphatic carboxylic acids is 1. The van der Waals surface area contributed by atoms with E-state index in [4.69, 9.17) is 21.4 Å². The first kappa shape index (κ1) is 17.1. The van der Waals surface area contributed by atoms with Gasteiger partial charge in [-0.1, -0.05) is 24.9 Å². The van der Waals surface area contributed by atoms with E-state index in [-0.39, 0.29) is 0 Å². The first-order valence-corrected chi connectivity index (χ1v) is 6.91. The van der Waals surface area contributed by atoms with Crippen LogP contribution in [0.15, 0.2) is 12.1 Å². The summed E-state index contributed by atoms with van der Waals surface area (Å²) in [6.45, 7) is 3.64. The van der Waals surface area contributed by atoms with Crippen LogP contribution in [0.25, 0.3) is 0 Å². The zero-order valence-electron chi connectivity index (χ0n) is 12.2. The molecule has 0 saturated heterocycles. The maximum atomic E-state index is 11.9. The second-order valence-electron chi connectivity index (χ2n) is 4.58. The minimum atomic E-state index is -1.06. The fourth-order valence-corrected chi connectivity index (χ4v) is 1.95. The van der Waals surface area contributed by atoms with E-state index < -0.39 is 18.0 Å². The number of rotatable bonds is 6. The number of carbonyl (C=O) groups excluding carboxylic acids is 1. The molecule has 2 amide bonds. The predicted octanol–water partition coefficient (Wildman–Crippen LogP) is 3.03. The van der Waals surface area contributed by atoms with Gasteiger partial charge in [-0.3, -0.25) is 0 Å². The van der Waals surface area contributed by atoms with Gasteiger partial charge in [0, 0.05) is 11.1 Å². The number of ether oxygens (including phenoxy) is 1. The lowest BCUT2D eigenvalue weighted by Crippen LogP contribution is -2.42. The minimum Gasteiger partial charge on any atom is -0.495 e. The van der Waals surface area contributed by atoms with Crippen molar-refractivity contribution in [2.24, 2.45) is 0 Å². The van der Waals surface area contributed by atoms with Crippen LogP contribution in [-0.2, 0) is 4.79 Å². The summed E-state index contributed by atoms with van der Waals surface area (Å²) in [4.78, 5) is 22.9. The van der Waals surface area contributed by atoms with Gasteiger partial charge in [0.1, 0.15) is 11.8 Å². The second kappa shape index (κ2) is 7.73. The number of nitrogens with one attached hydrogen (secondary N) is 2. The number of methoxy groups -OCH3 is 1. The molecule has 7 heteroatoms. The standard InChI is InChI=1S/C14H19ClN2O4/c1-4-5-10(13(18)19)16-14(20)17-11-6-8(2)9(15)7-12(11)21-3/h6-7,10H,4-5H2,1-3H3,(H,18,19)(H2,16,17,20)/t10-/m1/s1. The smallest absolute Gasteiger partial charge is 0.326 e. The number of carboxylic acids is 1. The minimum absolute atomic E-state index is 0.361. The van der Waals surface area contributed by atoms with E-state index >= 15 is 0 Å². The van der Waals surface area contributed by atoms with Gasteiger partial charge in [-0.05, 0) is 25.0 Å². The average Bonchev–Trinajstić information content (AvgIpc) is 2.42. The van der Waals surface area contributed by atoms with E-state index in [0.717, 1.165) is 5.56 Å². The van der Waals surface area contributed by atoms with Crippen LogP contribution in [0.3, 0.4) is 0 Å². The lowest BCUT2D eigenvalue weighted by Gasteiger charge is -2.16. The number of urea groups is 1. The number of benzene rings is 1. The molecule has 1 aromatic rings. The molecule has 0 aliphatic rings. The molecule has 0 spiro atoms. The van der Waals surface area contributed by atoms with Gasteiger partial charge in [0.25, 0.3) is 0 Å². The largest absolute Gasteiger partial charge is 0.495 e. The quantitative estimate of drug-likeness (QED) is 0.753. The lowest BCUT2D eigenvalue weighted by atomic mass is 10.2. The molecule has 1 aromatic carbocycles. The predicted molar refractivity (Wildman–Crippen MR) is 81.2 cm³/mol. The van der Waals surface area contributed by atoms with Crippen LogP contribution in [-0.4, -0.2) is 30.3 Å². The van der Waals surface area contributed by atoms with Crippen molar-refractivity contribution in [2.75, 3.05) is 12.4 Å². The van der Waals surface area contributed by atoms with Gasteiger partial charge < -0.3 is 20.5 Å². The van der Waals surface area contributed by atoms with Gasteiger partial charge in [0.05, 0.1) is 12.8 Å². The van der Waals surface area contributed by atoms with Crippen LogP contribution in [0.4, 0.5) is 10.5 Å². The molecule has 1 atom stereocenters. The van der Waals surface area contributed by atoms with Crippen molar-refractivity contribution in [2.45, 2.75) is 32.7 Å². The highest BCUT2D eigenvalue weighted by Crippen LogP contribution is 2.30. The molecule has 0 saturated carbocycles. The number of carboxylic acid groups (broad SMARTS) is 1. The topological polar surface area (TPSA) is 87.7 Å². The van der Waals surface area contributed by atoms with Crippen LogP contribution >= 0.6 is 11.6 Å². The molecule has 0 radical (unpaired) electrons. The summed E-state index contributed by atoms with van der Waals surface area (Å²) in [5.41, 5.74) is 1.20. The van der Waals surface area contributed by atoms with Crippen molar-refractivity contribution < 1.29 is 19.4 Å². The Morgan fingerprint density at radius 2 is 2.10 bits per heavy atom. The third-order valence-corrected chi connectivity index (χ3v) is 3.32. The van der Waals surface area contributed by atoms with E-state index in [1.165, 1.54) is 7.11 Å². The van der Waals surface area contributed by atoms with E-state index in [9.17, 15) is 9.59 Å². The molecule has 3 N–H and O–H groups in total. The van der Waals surface area contributed by atoms with Crippen molar-refractivity contribution in [3.8, 4) is 5.75 Å². The maximum absolute atomic E-state index is 11.9. The van der Waals surface area contributed by atoms with Crippen molar-refractivity contribution >= 4 is 29.3 Å². The molecule has 0 bridgehead atoms. The van der Waals surface area contributed by atoms with E-state index in [0.29, 0.717) is 29.3 Å². The Morgan fingerprint density at radius 1 is 1.43 bits per heavy atom. The second-order valence-corrected chi connectivity index (χ2v) is 4.99. The van der Waals surface area contributed by atoms with Crippen LogP contribution in [0.5, 0.6) is 5.75 Å². The highest BCUT2D eigenvalue weighted by molar-refractivity contribution is 6.31. The molecule has 1 rings (SSSR count). The lowest BCUT2D eigenvalue weighted by molar-refractivity contribution is -0.139. The fraction of sp³-hybridized carbons (Fsp3) is 0.429. The van der Waals surface area contributed by atoms with Gasteiger partial charge in [-0.2, -0.15) is 0 Å². The average molecular weight is 315 g/mol. The highest BCUT2D eigenvalue weighted by Gasteiger charge is 2.19. The van der Waals surface area contributed by atoms with Crippen LogP contribution in [0, 0.1) is 6.92 Å². The molecule has 0 aliphatic carbocycles. The summed E-state index contributed by atoms with van der Waals surface area (Å²) in [5, 5.41) is 14.5. The van der Waals surface area contributed by atoms with E-state index in [2.05, 4.69) is 10.6 Å². The fourth-order valence-electron chi connectivity index (χ4n) is 1.79. The Kier molecular flexibility index (Phi) is 6.30. The van der Waals surface area contributed by atoms with Gasteiger partial charge in [-0.25, -0.2) is 9.59 Å². The molecule has 0 unspecified atom stereocenters. The maximum Gasteiger partial charge on any atom is 0.326 e. The van der Waals surface area contributed by atoms with Crippen LogP contribution < -0.4 is 15.4 Å². The Bertz CT molecular complexity index is 534. The van der Waals surface area contributed by atoms with Crippen molar-refractivity contribution in [1.82, 2.24) is 5.32 Å². The monoisotopic (exact) mass is 314 g/mol. The summed E-state index contributed by atoms with van der Waals surface area (Å²) in [5.74, 6) is -0.658. The summed E-state index contributed by atoms with van der Waals surface area (Å²) in [7, 11) is 1.46. The van der Waals surface area contributed by atoms with Crippen molar-refractivity contribution in [1.29, 1.82) is 0 Å². The Morgan fingerprint density at radius 3 is 2.62 bits per heavy atom. The van der Waals surface area contributed by atoms with Crippen molar-refractivity contribution in [3.63, 3.8) is 0 Å². The number of halogens is 1. The molecular weight excluding hydrogens is 296 g/mol. The van der Waals surface area contributed by atoms with Gasteiger partial charge in [0.2, 0.25) is 0 Å². The summed E-state index contributed by atoms with van der Waals surface area (Å²) >= 11 is 5.98. The zero-order valence-corrected chi connectivity index (χ0v) is 13.0. The molecule has 6 nitrogen and oxygen atoms in total. The van der Waals surface area contributed by atoms with Crippen LogP contribution in [0.1, 0.15) is 25.3 Å². The SMILES string of the molecule is CCC[C@@H](NC(=O)Nc1cc(C)c(Cl)cc1OC)C(=O)O. The third kappa shape index (κ3) is 4.82. The van der Waals surface area contributed by atoms with Gasteiger partial charge in [-0.15, -0.1) is 0 Å². The number of anilines is 1. The van der Waals surface area contributed by atoms with E-state index in [1.807, 2.05) is 6.92 Å². The highest BCUT2D eigenvalue weighted by atomic mass is 35.5. The number of hydrogen-bond acceptors (Lipinski definition) is 3. The van der Waals surface area contributed by atoms with Gasteiger partial charge >= 0.3 is 12.0 Å². The first-order chi connectivity index (χ1) is 9.88. The number of hydrogen-bond donors (Lipinski definition) is 3. The first-order valence-electron chi connectivity index (χ1n) is 6.53. The number of aryl methyl sites for hydroxylation is 1. The Hall–Kier alpha value is -1.95. The van der Waals surface area contributed by atoms with E-state index in [1.54, 1.807) is 19.1 Å². The molecule has 0 aliphatic heterocycles. The van der Waals surface area contributed by atoms with Crippen LogP contribution in [0.2, 0.25) is 5.02 Å². The molecule has 116 valence electrons. The summed E-state index contributed by atoms with van der Waals surface area (Å²) < 4.78 is 5.14. The molecule has 0 aromatic heterocycles. The van der Waals surface area contributed by atoms with Gasteiger partial charge in [0.15, 0.2) is 0 Å². The number of carbonyl (C=O) groups is 2. The molecule has 0 fully saturated rings. The Balaban J connectivity index is 2.83.